The highest BCUT2D eigenvalue weighted by atomic mass is 19.4. The number of likely N-dealkylation sites (tertiary alicyclic amines) is 1. The number of ether oxygens (including phenoxy) is 1. The summed E-state index contributed by atoms with van der Waals surface area (Å²) in [5.74, 6) is -3.69. The summed E-state index contributed by atoms with van der Waals surface area (Å²) in [5, 5.41) is 8.58. The molecule has 0 radical (unpaired) electrons. The summed E-state index contributed by atoms with van der Waals surface area (Å²) in [4.78, 5) is 45.9. The topological polar surface area (TPSA) is 109 Å². The number of carboxylic acids is 1. The Morgan fingerprint density at radius 1 is 1.18 bits per heavy atom. The van der Waals surface area contributed by atoms with Crippen LogP contribution < -0.4 is 0 Å². The van der Waals surface area contributed by atoms with Crippen molar-refractivity contribution in [2.24, 2.45) is 5.92 Å². The standard InChI is InChI=1S/C19H24FN3O4.C2HF3O2/c20-14-3-4-15(21-11-14)10-18(24)22-12-13(9-17-16(22)5-8-26-17)19(25)23-6-1-2-7-27-23;3-2(4,5)1(6)7/h3-4,11,13,16-17H,1-2,5-10,12H2;(H,6,7)/t13-,16-,17-;/m1./s1. The lowest BCUT2D eigenvalue weighted by atomic mass is 9.89. The number of fused-ring (bicyclic) bond motifs is 1. The number of carbonyl (C=O) groups excluding carboxylic acids is 2. The van der Waals surface area contributed by atoms with E-state index in [2.05, 4.69) is 4.98 Å². The number of hydroxylamine groups is 2. The van der Waals surface area contributed by atoms with Crippen molar-refractivity contribution in [1.82, 2.24) is 14.9 Å². The van der Waals surface area contributed by atoms with Gasteiger partial charge in [0.15, 0.2) is 0 Å². The minimum absolute atomic E-state index is 0.00993. The molecular formula is C21H25F4N3O6. The predicted octanol–water partition coefficient (Wildman–Crippen LogP) is 1.96. The number of hydrogen-bond acceptors (Lipinski definition) is 6. The van der Waals surface area contributed by atoms with Crippen LogP contribution in [0, 0.1) is 11.7 Å². The van der Waals surface area contributed by atoms with Crippen molar-refractivity contribution in [3.63, 3.8) is 0 Å². The SMILES string of the molecule is O=C(O)C(F)(F)F.O=C([C@@H]1C[C@H]2OCC[C@H]2N(C(=O)Cc2ccc(F)cn2)C1)N1CCCCO1. The number of carboxylic acid groups (broad SMARTS) is 1. The van der Waals surface area contributed by atoms with Crippen LogP contribution in [0.5, 0.6) is 0 Å². The molecule has 0 unspecified atom stereocenters. The summed E-state index contributed by atoms with van der Waals surface area (Å²) in [5.41, 5.74) is 0.518. The van der Waals surface area contributed by atoms with Gasteiger partial charge in [-0.3, -0.25) is 19.4 Å². The number of halogens is 4. The highest BCUT2D eigenvalue weighted by Crippen LogP contribution is 2.33. The van der Waals surface area contributed by atoms with Gasteiger partial charge in [0.2, 0.25) is 5.91 Å². The Kier molecular flexibility index (Phi) is 8.42. The number of aliphatic carboxylic acids is 1. The average Bonchev–Trinajstić information content (AvgIpc) is 3.28. The monoisotopic (exact) mass is 491 g/mol. The molecule has 0 aliphatic carbocycles. The molecule has 34 heavy (non-hydrogen) atoms. The number of aromatic nitrogens is 1. The van der Waals surface area contributed by atoms with Gasteiger partial charge in [-0.15, -0.1) is 0 Å². The van der Waals surface area contributed by atoms with Gasteiger partial charge in [-0.25, -0.2) is 14.2 Å². The number of hydrogen-bond donors (Lipinski definition) is 1. The molecule has 0 saturated carbocycles. The van der Waals surface area contributed by atoms with Gasteiger partial charge in [-0.05, 0) is 37.8 Å². The third-order valence-electron chi connectivity index (χ3n) is 5.79. The Morgan fingerprint density at radius 2 is 1.91 bits per heavy atom. The molecule has 4 rings (SSSR count). The van der Waals surface area contributed by atoms with Crippen molar-refractivity contribution in [2.45, 2.75) is 50.4 Å². The first-order valence-corrected chi connectivity index (χ1v) is 10.8. The summed E-state index contributed by atoms with van der Waals surface area (Å²) in [7, 11) is 0. The van der Waals surface area contributed by atoms with E-state index >= 15 is 0 Å². The predicted molar refractivity (Wildman–Crippen MR) is 106 cm³/mol. The maximum Gasteiger partial charge on any atom is 0.490 e. The Balaban J connectivity index is 0.000000406. The molecule has 0 aromatic carbocycles. The molecule has 1 aromatic rings. The molecule has 0 bridgehead atoms. The largest absolute Gasteiger partial charge is 0.490 e. The van der Waals surface area contributed by atoms with E-state index in [1.165, 1.54) is 17.2 Å². The van der Waals surface area contributed by atoms with Crippen LogP contribution in [0.15, 0.2) is 18.3 Å². The first-order chi connectivity index (χ1) is 16.1. The molecule has 3 atom stereocenters. The van der Waals surface area contributed by atoms with Gasteiger partial charge in [0.05, 0.1) is 37.3 Å². The number of nitrogens with zero attached hydrogens (tertiary/aromatic N) is 3. The third kappa shape index (κ3) is 6.63. The molecule has 13 heteroatoms. The van der Waals surface area contributed by atoms with E-state index in [0.717, 1.165) is 25.5 Å². The number of rotatable bonds is 3. The quantitative estimate of drug-likeness (QED) is 0.644. The summed E-state index contributed by atoms with van der Waals surface area (Å²) in [6, 6.07) is 2.81. The van der Waals surface area contributed by atoms with E-state index in [0.29, 0.717) is 38.4 Å². The van der Waals surface area contributed by atoms with Gasteiger partial charge < -0.3 is 14.7 Å². The first kappa shape index (κ1) is 25.8. The van der Waals surface area contributed by atoms with Gasteiger partial charge in [0.1, 0.15) is 5.82 Å². The van der Waals surface area contributed by atoms with E-state index < -0.39 is 18.0 Å². The lowest BCUT2D eigenvalue weighted by Gasteiger charge is -2.41. The van der Waals surface area contributed by atoms with E-state index in [9.17, 15) is 27.2 Å². The molecule has 4 heterocycles. The molecular weight excluding hydrogens is 466 g/mol. The normalized spacial score (nSPS) is 24.6. The molecule has 3 aliphatic heterocycles. The smallest absolute Gasteiger partial charge is 0.475 e. The van der Waals surface area contributed by atoms with E-state index in [1.54, 1.807) is 4.90 Å². The van der Waals surface area contributed by atoms with Crippen molar-refractivity contribution >= 4 is 17.8 Å². The van der Waals surface area contributed by atoms with Crippen molar-refractivity contribution in [3.05, 3.63) is 29.8 Å². The fraction of sp³-hybridized carbons (Fsp3) is 0.619. The van der Waals surface area contributed by atoms with Crippen molar-refractivity contribution < 1.29 is 46.6 Å². The van der Waals surface area contributed by atoms with Crippen LogP contribution in [0.2, 0.25) is 0 Å². The molecule has 188 valence electrons. The van der Waals surface area contributed by atoms with Gasteiger partial charge in [0, 0.05) is 25.4 Å². The number of amides is 2. The average molecular weight is 491 g/mol. The van der Waals surface area contributed by atoms with Crippen LogP contribution in [-0.4, -0.2) is 82.5 Å². The van der Waals surface area contributed by atoms with Crippen LogP contribution in [0.25, 0.3) is 0 Å². The molecule has 2 amide bonds. The molecule has 9 nitrogen and oxygen atoms in total. The number of pyridine rings is 1. The zero-order valence-corrected chi connectivity index (χ0v) is 18.2. The fourth-order valence-electron chi connectivity index (χ4n) is 4.15. The maximum absolute atomic E-state index is 13.0. The molecule has 3 aliphatic rings. The van der Waals surface area contributed by atoms with E-state index in [4.69, 9.17) is 19.5 Å². The third-order valence-corrected chi connectivity index (χ3v) is 5.79. The number of piperidine rings is 1. The van der Waals surface area contributed by atoms with Gasteiger partial charge in [0.25, 0.3) is 5.91 Å². The Bertz CT molecular complexity index is 876. The molecule has 3 fully saturated rings. The Hall–Kier alpha value is -2.80. The van der Waals surface area contributed by atoms with Crippen LogP contribution in [0.3, 0.4) is 0 Å². The van der Waals surface area contributed by atoms with E-state index in [-0.39, 0.29) is 36.3 Å². The van der Waals surface area contributed by atoms with Crippen molar-refractivity contribution in [2.75, 3.05) is 26.3 Å². The summed E-state index contributed by atoms with van der Waals surface area (Å²) < 4.78 is 50.6. The summed E-state index contributed by atoms with van der Waals surface area (Å²) >= 11 is 0. The lowest BCUT2D eigenvalue weighted by molar-refractivity contribution is -0.204. The highest BCUT2D eigenvalue weighted by Gasteiger charge is 2.45. The van der Waals surface area contributed by atoms with Crippen LogP contribution in [0.4, 0.5) is 17.6 Å². The maximum atomic E-state index is 13.0. The molecule has 0 spiro atoms. The second-order valence-corrected chi connectivity index (χ2v) is 8.17. The Labute approximate surface area is 192 Å². The summed E-state index contributed by atoms with van der Waals surface area (Å²) in [6.07, 6.45) is -0.735. The van der Waals surface area contributed by atoms with Gasteiger partial charge >= 0.3 is 12.1 Å². The Morgan fingerprint density at radius 3 is 2.50 bits per heavy atom. The zero-order chi connectivity index (χ0) is 24.9. The second kappa shape index (κ2) is 11.1. The van der Waals surface area contributed by atoms with Gasteiger partial charge in [-0.2, -0.15) is 13.2 Å². The van der Waals surface area contributed by atoms with Crippen LogP contribution >= 0.6 is 0 Å². The van der Waals surface area contributed by atoms with Crippen LogP contribution in [-0.2, 0) is 30.4 Å². The van der Waals surface area contributed by atoms with Crippen molar-refractivity contribution in [1.29, 1.82) is 0 Å². The summed E-state index contributed by atoms with van der Waals surface area (Å²) in [6.45, 7) is 2.11. The molecule has 1 N–H and O–H groups in total. The first-order valence-electron chi connectivity index (χ1n) is 10.8. The minimum atomic E-state index is -5.08. The van der Waals surface area contributed by atoms with Crippen LogP contribution in [0.1, 0.15) is 31.4 Å². The zero-order valence-electron chi connectivity index (χ0n) is 18.2. The van der Waals surface area contributed by atoms with Gasteiger partial charge in [-0.1, -0.05) is 0 Å². The van der Waals surface area contributed by atoms with Crippen molar-refractivity contribution in [3.8, 4) is 0 Å². The number of carbonyl (C=O) groups is 3. The molecule has 3 saturated heterocycles. The lowest BCUT2D eigenvalue weighted by Crippen LogP contribution is -2.56. The molecule has 1 aromatic heterocycles. The highest BCUT2D eigenvalue weighted by molar-refractivity contribution is 5.82. The number of alkyl halides is 3. The second-order valence-electron chi connectivity index (χ2n) is 8.17. The fourth-order valence-corrected chi connectivity index (χ4v) is 4.15. The minimum Gasteiger partial charge on any atom is -0.475 e. The van der Waals surface area contributed by atoms with E-state index in [1.807, 2.05) is 0 Å².